The van der Waals surface area contributed by atoms with Crippen LogP contribution < -0.4 is 0 Å². The number of alkyl halides is 1. The predicted octanol–water partition coefficient (Wildman–Crippen LogP) is 1.79. The van der Waals surface area contributed by atoms with Crippen LogP contribution in [0.1, 0.15) is 16.1 Å². The van der Waals surface area contributed by atoms with Crippen LogP contribution in [0.3, 0.4) is 0 Å². The van der Waals surface area contributed by atoms with E-state index in [-0.39, 0.29) is 5.97 Å². The highest BCUT2D eigenvalue weighted by Crippen LogP contribution is 2.12. The third-order valence-electron chi connectivity index (χ3n) is 2.29. The van der Waals surface area contributed by atoms with Gasteiger partial charge in [-0.2, -0.15) is 0 Å². The summed E-state index contributed by atoms with van der Waals surface area (Å²) >= 11 is 5.75. The first-order chi connectivity index (χ1) is 8.26. The van der Waals surface area contributed by atoms with Gasteiger partial charge >= 0.3 is 5.97 Å². The number of hydrogen-bond acceptors (Lipinski definition) is 4. The average Bonchev–Trinajstić information content (AvgIpc) is 2.86. The van der Waals surface area contributed by atoms with Crippen LogP contribution >= 0.6 is 11.6 Å². The van der Waals surface area contributed by atoms with Crippen molar-refractivity contribution in [2.45, 2.75) is 5.88 Å². The Kier molecular flexibility index (Phi) is 3.39. The minimum atomic E-state index is -0.368. The molecule has 1 aromatic heterocycles. The standard InChI is InChI=1S/C11H10ClN3O2/c1-17-11(16)8-2-4-9(5-3-8)15-10(6-12)7-13-14-15/h2-5,7H,6H2,1H3. The highest BCUT2D eigenvalue weighted by molar-refractivity contribution is 6.16. The second-order valence-corrected chi connectivity index (χ2v) is 3.58. The lowest BCUT2D eigenvalue weighted by molar-refractivity contribution is 0.0601. The minimum Gasteiger partial charge on any atom is -0.465 e. The van der Waals surface area contributed by atoms with Crippen molar-refractivity contribution >= 4 is 17.6 Å². The van der Waals surface area contributed by atoms with Crippen molar-refractivity contribution in [3.63, 3.8) is 0 Å². The summed E-state index contributed by atoms with van der Waals surface area (Å²) < 4.78 is 6.24. The minimum absolute atomic E-state index is 0.325. The van der Waals surface area contributed by atoms with Crippen molar-refractivity contribution in [2.24, 2.45) is 0 Å². The van der Waals surface area contributed by atoms with Crippen LogP contribution in [-0.2, 0) is 10.6 Å². The summed E-state index contributed by atoms with van der Waals surface area (Å²) in [5.41, 5.74) is 2.08. The van der Waals surface area contributed by atoms with Gasteiger partial charge in [0.2, 0.25) is 0 Å². The Morgan fingerprint density at radius 3 is 2.71 bits per heavy atom. The van der Waals surface area contributed by atoms with Gasteiger partial charge in [-0.05, 0) is 24.3 Å². The van der Waals surface area contributed by atoms with E-state index < -0.39 is 0 Å². The molecular formula is C11H10ClN3O2. The monoisotopic (exact) mass is 251 g/mol. The van der Waals surface area contributed by atoms with E-state index in [1.165, 1.54) is 7.11 Å². The van der Waals surface area contributed by atoms with Crippen molar-refractivity contribution in [3.8, 4) is 5.69 Å². The van der Waals surface area contributed by atoms with Crippen molar-refractivity contribution in [1.29, 1.82) is 0 Å². The van der Waals surface area contributed by atoms with Gasteiger partial charge in [0.15, 0.2) is 0 Å². The molecule has 1 aromatic carbocycles. The molecule has 0 atom stereocenters. The molecule has 0 unspecified atom stereocenters. The van der Waals surface area contributed by atoms with Crippen LogP contribution in [-0.4, -0.2) is 28.1 Å². The molecule has 6 heteroatoms. The average molecular weight is 252 g/mol. The largest absolute Gasteiger partial charge is 0.465 e. The molecule has 0 N–H and O–H groups in total. The molecule has 5 nitrogen and oxygen atoms in total. The number of aromatic nitrogens is 3. The molecule has 0 amide bonds. The molecule has 2 rings (SSSR count). The Labute approximate surface area is 103 Å². The predicted molar refractivity (Wildman–Crippen MR) is 62.3 cm³/mol. The SMILES string of the molecule is COC(=O)c1ccc(-n2nncc2CCl)cc1. The van der Waals surface area contributed by atoms with Crippen LogP contribution in [0.2, 0.25) is 0 Å². The van der Waals surface area contributed by atoms with E-state index in [9.17, 15) is 4.79 Å². The molecule has 0 fully saturated rings. The van der Waals surface area contributed by atoms with Gasteiger partial charge in [0.1, 0.15) is 0 Å². The molecule has 17 heavy (non-hydrogen) atoms. The summed E-state index contributed by atoms with van der Waals surface area (Å²) in [5.74, 6) is -0.0427. The quantitative estimate of drug-likeness (QED) is 0.617. The van der Waals surface area contributed by atoms with Crippen LogP contribution in [0.15, 0.2) is 30.5 Å². The Hall–Kier alpha value is -1.88. The van der Waals surface area contributed by atoms with Crippen LogP contribution in [0.25, 0.3) is 5.69 Å². The molecule has 0 bridgehead atoms. The third kappa shape index (κ3) is 2.29. The number of ether oxygens (including phenoxy) is 1. The van der Waals surface area contributed by atoms with Gasteiger partial charge in [-0.3, -0.25) is 0 Å². The lowest BCUT2D eigenvalue weighted by Gasteiger charge is -2.04. The zero-order valence-corrected chi connectivity index (χ0v) is 9.89. The number of rotatable bonds is 3. The topological polar surface area (TPSA) is 57.0 Å². The lowest BCUT2D eigenvalue weighted by atomic mass is 10.2. The molecule has 0 radical (unpaired) electrons. The summed E-state index contributed by atoms with van der Waals surface area (Å²) in [6.45, 7) is 0. The molecule has 0 aliphatic rings. The van der Waals surface area contributed by atoms with E-state index in [1.807, 2.05) is 0 Å². The Balaban J connectivity index is 2.32. The van der Waals surface area contributed by atoms with Gasteiger partial charge in [-0.15, -0.1) is 16.7 Å². The van der Waals surface area contributed by atoms with Crippen LogP contribution in [0.4, 0.5) is 0 Å². The summed E-state index contributed by atoms with van der Waals surface area (Å²) in [6, 6.07) is 6.86. The molecule has 0 saturated heterocycles. The third-order valence-corrected chi connectivity index (χ3v) is 2.56. The Morgan fingerprint density at radius 1 is 1.41 bits per heavy atom. The number of nitrogens with zero attached hydrogens (tertiary/aromatic N) is 3. The fourth-order valence-electron chi connectivity index (χ4n) is 1.42. The smallest absolute Gasteiger partial charge is 0.337 e. The van der Waals surface area contributed by atoms with Gasteiger partial charge in [0.05, 0.1) is 36.1 Å². The lowest BCUT2D eigenvalue weighted by Crippen LogP contribution is -2.04. The van der Waals surface area contributed by atoms with Gasteiger partial charge < -0.3 is 4.74 Å². The maximum absolute atomic E-state index is 11.3. The molecule has 88 valence electrons. The number of esters is 1. The summed E-state index contributed by atoms with van der Waals surface area (Å²) in [7, 11) is 1.35. The van der Waals surface area contributed by atoms with E-state index in [1.54, 1.807) is 35.1 Å². The van der Waals surface area contributed by atoms with Gasteiger partial charge in [-0.1, -0.05) is 5.21 Å². The first kappa shape index (κ1) is 11.6. The van der Waals surface area contributed by atoms with E-state index >= 15 is 0 Å². The van der Waals surface area contributed by atoms with E-state index in [0.717, 1.165) is 11.4 Å². The highest BCUT2D eigenvalue weighted by Gasteiger charge is 2.07. The number of methoxy groups -OCH3 is 1. The van der Waals surface area contributed by atoms with Crippen molar-refractivity contribution < 1.29 is 9.53 Å². The van der Waals surface area contributed by atoms with Gasteiger partial charge in [-0.25, -0.2) is 9.48 Å². The van der Waals surface area contributed by atoms with Crippen molar-refractivity contribution in [2.75, 3.05) is 7.11 Å². The number of halogens is 1. The first-order valence-electron chi connectivity index (χ1n) is 4.90. The molecule has 0 saturated carbocycles. The van der Waals surface area contributed by atoms with E-state index in [4.69, 9.17) is 11.6 Å². The van der Waals surface area contributed by atoms with E-state index in [2.05, 4.69) is 15.0 Å². The van der Waals surface area contributed by atoms with Crippen LogP contribution in [0, 0.1) is 0 Å². The highest BCUT2D eigenvalue weighted by atomic mass is 35.5. The molecular weight excluding hydrogens is 242 g/mol. The zero-order valence-electron chi connectivity index (χ0n) is 9.13. The molecule has 2 aromatic rings. The number of benzene rings is 1. The Morgan fingerprint density at radius 2 is 2.12 bits per heavy atom. The molecule has 0 aliphatic carbocycles. The molecule has 1 heterocycles. The number of hydrogen-bond donors (Lipinski definition) is 0. The van der Waals surface area contributed by atoms with Crippen molar-refractivity contribution in [1.82, 2.24) is 15.0 Å². The number of carbonyl (C=O) groups is 1. The summed E-state index contributed by atoms with van der Waals surface area (Å²) in [6.07, 6.45) is 1.60. The molecule has 0 spiro atoms. The number of carbonyl (C=O) groups excluding carboxylic acids is 1. The maximum atomic E-state index is 11.3. The fourth-order valence-corrected chi connectivity index (χ4v) is 1.60. The fraction of sp³-hybridized carbons (Fsp3) is 0.182. The first-order valence-corrected chi connectivity index (χ1v) is 5.44. The maximum Gasteiger partial charge on any atom is 0.337 e. The normalized spacial score (nSPS) is 10.2. The van der Waals surface area contributed by atoms with Crippen molar-refractivity contribution in [3.05, 3.63) is 41.7 Å². The summed E-state index contributed by atoms with van der Waals surface area (Å²) in [4.78, 5) is 11.3. The summed E-state index contributed by atoms with van der Waals surface area (Å²) in [5, 5.41) is 7.70. The van der Waals surface area contributed by atoms with E-state index in [0.29, 0.717) is 11.4 Å². The second-order valence-electron chi connectivity index (χ2n) is 3.31. The van der Waals surface area contributed by atoms with Gasteiger partial charge in [0.25, 0.3) is 0 Å². The zero-order chi connectivity index (χ0) is 12.3. The van der Waals surface area contributed by atoms with Crippen LogP contribution in [0.5, 0.6) is 0 Å². The second kappa shape index (κ2) is 4.97. The molecule has 0 aliphatic heterocycles. The van der Waals surface area contributed by atoms with Gasteiger partial charge in [0, 0.05) is 0 Å². The Bertz CT molecular complexity index is 522.